The van der Waals surface area contributed by atoms with Gasteiger partial charge in [0.25, 0.3) is 5.91 Å². The van der Waals surface area contributed by atoms with Gasteiger partial charge in [0.05, 0.1) is 24.8 Å². The van der Waals surface area contributed by atoms with Gasteiger partial charge in [-0.3, -0.25) is 9.59 Å². The summed E-state index contributed by atoms with van der Waals surface area (Å²) in [6, 6.07) is 3.14. The van der Waals surface area contributed by atoms with Crippen molar-refractivity contribution in [2.45, 2.75) is 32.7 Å². The van der Waals surface area contributed by atoms with Gasteiger partial charge in [0.2, 0.25) is 5.91 Å². The van der Waals surface area contributed by atoms with Crippen molar-refractivity contribution in [3.63, 3.8) is 0 Å². The summed E-state index contributed by atoms with van der Waals surface area (Å²) >= 11 is 6.21. The van der Waals surface area contributed by atoms with Crippen LogP contribution < -0.4 is 14.8 Å². The Hall–Kier alpha value is -1.95. The van der Waals surface area contributed by atoms with E-state index in [1.54, 1.807) is 13.1 Å². The monoisotopic (exact) mass is 354 g/mol. The minimum atomic E-state index is -0.348. The van der Waals surface area contributed by atoms with Crippen LogP contribution in [0.25, 0.3) is 0 Å². The van der Waals surface area contributed by atoms with Crippen molar-refractivity contribution in [1.29, 1.82) is 0 Å². The topological polar surface area (TPSA) is 67.9 Å². The molecule has 0 spiro atoms. The molecule has 1 heterocycles. The number of carbonyl (C=O) groups excluding carboxylic acids is 2. The van der Waals surface area contributed by atoms with E-state index < -0.39 is 0 Å². The molecule has 1 N–H and O–H groups in total. The molecular weight excluding hydrogens is 332 g/mol. The number of rotatable bonds is 3. The summed E-state index contributed by atoms with van der Waals surface area (Å²) in [7, 11) is 1.57. The lowest BCUT2D eigenvalue weighted by Gasteiger charge is -2.23. The first-order chi connectivity index (χ1) is 11.2. The Morgan fingerprint density at radius 3 is 2.58 bits per heavy atom. The van der Waals surface area contributed by atoms with Crippen molar-refractivity contribution in [1.82, 2.24) is 10.2 Å². The van der Waals surface area contributed by atoms with Crippen LogP contribution in [-0.4, -0.2) is 49.1 Å². The van der Waals surface area contributed by atoms with Gasteiger partial charge in [-0.2, -0.15) is 0 Å². The standard InChI is InChI=1S/C17H23ClN2O4/c1-17(2,3)19-14(21)10-20(4)16(22)11-8-12(18)15-13(9-11)23-6-5-7-24-15/h8-9H,5-7,10H2,1-4H3,(H,19,21). The van der Waals surface area contributed by atoms with E-state index in [1.165, 1.54) is 11.0 Å². The fourth-order valence-electron chi connectivity index (χ4n) is 2.32. The second-order valence-corrected chi connectivity index (χ2v) is 7.20. The van der Waals surface area contributed by atoms with Crippen molar-refractivity contribution in [3.8, 4) is 11.5 Å². The molecule has 2 rings (SSSR count). The average molecular weight is 355 g/mol. The Morgan fingerprint density at radius 2 is 1.92 bits per heavy atom. The Kier molecular flexibility index (Phi) is 5.59. The van der Waals surface area contributed by atoms with Crippen molar-refractivity contribution in [2.75, 3.05) is 26.8 Å². The Morgan fingerprint density at radius 1 is 1.25 bits per heavy atom. The smallest absolute Gasteiger partial charge is 0.254 e. The van der Waals surface area contributed by atoms with Crippen LogP contribution >= 0.6 is 11.6 Å². The van der Waals surface area contributed by atoms with Crippen molar-refractivity contribution >= 4 is 23.4 Å². The number of hydrogen-bond donors (Lipinski definition) is 1. The van der Waals surface area contributed by atoms with Gasteiger partial charge in [-0.25, -0.2) is 0 Å². The van der Waals surface area contributed by atoms with Gasteiger partial charge in [0.15, 0.2) is 11.5 Å². The lowest BCUT2D eigenvalue weighted by molar-refractivity contribution is -0.122. The molecule has 132 valence electrons. The van der Waals surface area contributed by atoms with E-state index >= 15 is 0 Å². The van der Waals surface area contributed by atoms with Crippen LogP contribution in [0.4, 0.5) is 0 Å². The minimum absolute atomic E-state index is 0.0395. The van der Waals surface area contributed by atoms with Crippen LogP contribution in [0.5, 0.6) is 11.5 Å². The van der Waals surface area contributed by atoms with Gasteiger partial charge < -0.3 is 19.7 Å². The maximum Gasteiger partial charge on any atom is 0.254 e. The first kappa shape index (κ1) is 18.4. The van der Waals surface area contributed by atoms with E-state index in [0.717, 1.165) is 6.42 Å². The molecule has 0 bridgehead atoms. The molecule has 7 heteroatoms. The summed E-state index contributed by atoms with van der Waals surface area (Å²) in [5.74, 6) is 0.380. The number of nitrogens with one attached hydrogen (secondary N) is 1. The molecular formula is C17H23ClN2O4. The number of benzene rings is 1. The SMILES string of the molecule is CN(CC(=O)NC(C)(C)C)C(=O)c1cc(Cl)c2c(c1)OCCCO2. The zero-order chi connectivity index (χ0) is 17.9. The average Bonchev–Trinajstić information content (AvgIpc) is 2.69. The first-order valence-corrected chi connectivity index (χ1v) is 8.21. The van der Waals surface area contributed by atoms with E-state index in [1.807, 2.05) is 20.8 Å². The summed E-state index contributed by atoms with van der Waals surface area (Å²) < 4.78 is 11.1. The predicted octanol–water partition coefficient (Wildman–Crippen LogP) is 2.49. The van der Waals surface area contributed by atoms with E-state index in [0.29, 0.717) is 35.3 Å². The van der Waals surface area contributed by atoms with E-state index in [-0.39, 0.29) is 23.9 Å². The number of halogens is 1. The second-order valence-electron chi connectivity index (χ2n) is 6.80. The molecule has 0 radical (unpaired) electrons. The highest BCUT2D eigenvalue weighted by Crippen LogP contribution is 2.38. The lowest BCUT2D eigenvalue weighted by atomic mass is 10.1. The molecule has 0 atom stereocenters. The Balaban J connectivity index is 2.13. The molecule has 1 aliphatic heterocycles. The number of nitrogens with zero attached hydrogens (tertiary/aromatic N) is 1. The number of amides is 2. The maximum absolute atomic E-state index is 12.6. The summed E-state index contributed by atoms with van der Waals surface area (Å²) in [5.41, 5.74) is 0.00908. The molecule has 0 aromatic heterocycles. The molecule has 1 aromatic carbocycles. The largest absolute Gasteiger partial charge is 0.489 e. The van der Waals surface area contributed by atoms with E-state index in [9.17, 15) is 9.59 Å². The van der Waals surface area contributed by atoms with Gasteiger partial charge in [0, 0.05) is 24.6 Å². The van der Waals surface area contributed by atoms with Gasteiger partial charge in [-0.05, 0) is 32.9 Å². The number of ether oxygens (including phenoxy) is 2. The number of fused-ring (bicyclic) bond motifs is 1. The molecule has 0 fully saturated rings. The zero-order valence-corrected chi connectivity index (χ0v) is 15.2. The van der Waals surface area contributed by atoms with Crippen LogP contribution in [0.1, 0.15) is 37.6 Å². The molecule has 2 amide bonds. The highest BCUT2D eigenvalue weighted by Gasteiger charge is 2.22. The zero-order valence-electron chi connectivity index (χ0n) is 14.4. The molecule has 0 saturated heterocycles. The lowest BCUT2D eigenvalue weighted by Crippen LogP contribution is -2.46. The van der Waals surface area contributed by atoms with Crippen molar-refractivity contribution in [2.24, 2.45) is 0 Å². The van der Waals surface area contributed by atoms with E-state index in [4.69, 9.17) is 21.1 Å². The fraction of sp³-hybridized carbons (Fsp3) is 0.529. The third-order valence-electron chi connectivity index (χ3n) is 3.29. The third kappa shape index (κ3) is 4.77. The highest BCUT2D eigenvalue weighted by atomic mass is 35.5. The van der Waals surface area contributed by atoms with Gasteiger partial charge in [-0.1, -0.05) is 11.6 Å². The van der Waals surface area contributed by atoms with Gasteiger partial charge >= 0.3 is 0 Å². The second kappa shape index (κ2) is 7.30. The number of carbonyl (C=O) groups is 2. The minimum Gasteiger partial charge on any atom is -0.489 e. The van der Waals surface area contributed by atoms with Crippen molar-refractivity contribution < 1.29 is 19.1 Å². The molecule has 6 nitrogen and oxygen atoms in total. The van der Waals surface area contributed by atoms with Gasteiger partial charge in [0.1, 0.15) is 0 Å². The van der Waals surface area contributed by atoms with Crippen LogP contribution in [-0.2, 0) is 4.79 Å². The van der Waals surface area contributed by atoms with Crippen molar-refractivity contribution in [3.05, 3.63) is 22.7 Å². The van der Waals surface area contributed by atoms with Crippen LogP contribution in [0.2, 0.25) is 5.02 Å². The fourth-order valence-corrected chi connectivity index (χ4v) is 2.58. The van der Waals surface area contributed by atoms with E-state index in [2.05, 4.69) is 5.32 Å². The third-order valence-corrected chi connectivity index (χ3v) is 3.57. The number of hydrogen-bond acceptors (Lipinski definition) is 4. The molecule has 24 heavy (non-hydrogen) atoms. The van der Waals surface area contributed by atoms with Crippen LogP contribution in [0.15, 0.2) is 12.1 Å². The Bertz CT molecular complexity index is 640. The normalized spacial score (nSPS) is 13.9. The highest BCUT2D eigenvalue weighted by molar-refractivity contribution is 6.32. The molecule has 0 saturated carbocycles. The molecule has 0 unspecified atom stereocenters. The maximum atomic E-state index is 12.6. The Labute approximate surface area is 147 Å². The molecule has 1 aromatic rings. The predicted molar refractivity (Wildman–Crippen MR) is 91.9 cm³/mol. The van der Waals surface area contributed by atoms with Crippen LogP contribution in [0, 0.1) is 0 Å². The summed E-state index contributed by atoms with van der Waals surface area (Å²) in [6.45, 7) is 6.64. The van der Waals surface area contributed by atoms with Gasteiger partial charge in [-0.15, -0.1) is 0 Å². The van der Waals surface area contributed by atoms with Crippen LogP contribution in [0.3, 0.4) is 0 Å². The summed E-state index contributed by atoms with van der Waals surface area (Å²) in [5, 5.41) is 3.15. The molecule has 1 aliphatic rings. The molecule has 0 aliphatic carbocycles. The summed E-state index contributed by atoms with van der Waals surface area (Å²) in [6.07, 6.45) is 0.751. The number of likely N-dealkylation sites (N-methyl/N-ethyl adjacent to an activating group) is 1. The quantitative estimate of drug-likeness (QED) is 0.905. The summed E-state index contributed by atoms with van der Waals surface area (Å²) in [4.78, 5) is 25.9. The first-order valence-electron chi connectivity index (χ1n) is 7.83.